The Hall–Kier alpha value is -3.64. The van der Waals surface area contributed by atoms with Crippen LogP contribution in [0.25, 0.3) is 33.2 Å². The lowest BCUT2D eigenvalue weighted by Gasteiger charge is -2.34. The normalized spacial score (nSPS) is 27.4. The van der Waals surface area contributed by atoms with Crippen LogP contribution in [0, 0.1) is 17.5 Å². The van der Waals surface area contributed by atoms with Gasteiger partial charge in [-0.15, -0.1) is 0 Å². The van der Waals surface area contributed by atoms with Gasteiger partial charge in [0.2, 0.25) is 0 Å². The smallest absolute Gasteiger partial charge is 0.319 e. The number of alkyl halides is 1. The number of aromatic nitrogens is 2. The lowest BCUT2D eigenvalue weighted by molar-refractivity contribution is 0.107. The summed E-state index contributed by atoms with van der Waals surface area (Å²) in [6.07, 6.45) is 3.17. The van der Waals surface area contributed by atoms with Gasteiger partial charge in [-0.2, -0.15) is 9.97 Å². The summed E-state index contributed by atoms with van der Waals surface area (Å²) in [6, 6.07) is 5.07. The summed E-state index contributed by atoms with van der Waals surface area (Å²) in [5, 5.41) is 13.9. The number of nitrogens with zero attached hydrogens (tertiary/aromatic N) is 4. The third-order valence-corrected chi connectivity index (χ3v) is 9.42. The molecule has 4 aliphatic rings. The molecule has 6 heterocycles. The molecule has 2 aromatic heterocycles. The Morgan fingerprint density at radius 3 is 2.69 bits per heavy atom. The number of nitrogens with one attached hydrogen (secondary N) is 1. The summed E-state index contributed by atoms with van der Waals surface area (Å²) >= 11 is 0. The van der Waals surface area contributed by atoms with Crippen molar-refractivity contribution in [2.24, 2.45) is 0 Å². The molecule has 0 spiro atoms. The van der Waals surface area contributed by atoms with Crippen LogP contribution in [0.1, 0.15) is 32.1 Å². The molecule has 8 nitrogen and oxygen atoms in total. The zero-order valence-corrected chi connectivity index (χ0v) is 22.7. The minimum atomic E-state index is -1.18. The largest absolute Gasteiger partial charge is 0.508 e. The molecule has 0 saturated carbocycles. The van der Waals surface area contributed by atoms with Gasteiger partial charge < -0.3 is 24.5 Å². The summed E-state index contributed by atoms with van der Waals surface area (Å²) in [6.45, 7) is 2.55. The first-order chi connectivity index (χ1) is 20.3. The molecule has 4 aromatic rings. The SMILES string of the molecule is Oc1cc(-c2oc3c(N4CC5CCC(C4)N5)nc(OC[C@@]45CCCN4C[C@H](F)C5)nc3c2F)c2c(F)c(F)ccc2c1. The number of piperazine rings is 1. The third kappa shape index (κ3) is 4.02. The first-order valence-corrected chi connectivity index (χ1v) is 14.4. The van der Waals surface area contributed by atoms with Crippen LogP contribution in [-0.2, 0) is 0 Å². The average molecular weight is 584 g/mol. The van der Waals surface area contributed by atoms with Crippen molar-refractivity contribution in [1.82, 2.24) is 20.2 Å². The number of phenolic OH excluding ortho intramolecular Hbond substituents is 1. The van der Waals surface area contributed by atoms with Gasteiger partial charge in [0, 0.05) is 49.1 Å². The molecule has 12 heteroatoms. The number of hydrogen-bond donors (Lipinski definition) is 2. The fourth-order valence-electron chi connectivity index (χ4n) is 7.55. The second kappa shape index (κ2) is 9.43. The molecule has 0 amide bonds. The Morgan fingerprint density at radius 1 is 1.07 bits per heavy atom. The van der Waals surface area contributed by atoms with Crippen LogP contribution >= 0.6 is 0 Å². The standard InChI is InChI=1S/C30H29F4N5O3/c31-16-10-30(6-1-7-39(30)11-16)14-41-29-36-25-24(34)26(20-9-19(40)8-15-2-5-21(32)23(33)22(15)20)42-27(25)28(37-29)38-12-17-3-4-18(13-38)35-17/h2,5,8-9,16-18,35,40H,1,3-4,6-7,10-14H2/t16-,17?,18?,30+/m1/s1. The van der Waals surface area contributed by atoms with E-state index in [0.29, 0.717) is 31.9 Å². The summed E-state index contributed by atoms with van der Waals surface area (Å²) in [7, 11) is 0. The molecule has 2 N–H and O–H groups in total. The van der Waals surface area contributed by atoms with Crippen LogP contribution < -0.4 is 15.0 Å². The van der Waals surface area contributed by atoms with Gasteiger partial charge in [-0.3, -0.25) is 4.90 Å². The Balaban J connectivity index is 1.26. The number of hydrogen-bond acceptors (Lipinski definition) is 8. The van der Waals surface area contributed by atoms with Gasteiger partial charge in [0.05, 0.1) is 5.54 Å². The van der Waals surface area contributed by atoms with E-state index in [4.69, 9.17) is 9.15 Å². The van der Waals surface area contributed by atoms with Crippen molar-refractivity contribution in [3.8, 4) is 23.1 Å². The molecule has 8 rings (SSSR count). The summed E-state index contributed by atoms with van der Waals surface area (Å²) in [5.74, 6) is -3.51. The second-order valence-corrected chi connectivity index (χ2v) is 12.1. The molecular weight excluding hydrogens is 554 g/mol. The van der Waals surface area contributed by atoms with Gasteiger partial charge in [-0.25, -0.2) is 17.6 Å². The highest BCUT2D eigenvalue weighted by molar-refractivity contribution is 6.00. The Morgan fingerprint density at radius 2 is 1.88 bits per heavy atom. The van der Waals surface area contributed by atoms with E-state index in [2.05, 4.69) is 20.2 Å². The summed E-state index contributed by atoms with van der Waals surface area (Å²) in [5.41, 5.74) is -0.713. The molecule has 4 atom stereocenters. The first kappa shape index (κ1) is 26.0. The molecule has 4 saturated heterocycles. The fraction of sp³-hybridized carbons (Fsp3) is 0.467. The van der Waals surface area contributed by atoms with Crippen LogP contribution in [0.15, 0.2) is 28.7 Å². The van der Waals surface area contributed by atoms with E-state index in [1.807, 2.05) is 4.90 Å². The van der Waals surface area contributed by atoms with Crippen molar-refractivity contribution in [2.75, 3.05) is 37.7 Å². The molecular formula is C30H29F4N5O3. The Kier molecular flexibility index (Phi) is 5.84. The highest BCUT2D eigenvalue weighted by Crippen LogP contribution is 2.43. The van der Waals surface area contributed by atoms with Gasteiger partial charge in [-0.1, -0.05) is 6.07 Å². The molecule has 4 fully saturated rings. The van der Waals surface area contributed by atoms with Crippen LogP contribution in [0.4, 0.5) is 23.4 Å². The van der Waals surface area contributed by atoms with E-state index >= 15 is 8.78 Å². The molecule has 2 aromatic carbocycles. The molecule has 2 unspecified atom stereocenters. The third-order valence-electron chi connectivity index (χ3n) is 9.42. The zero-order chi connectivity index (χ0) is 28.7. The van der Waals surface area contributed by atoms with E-state index in [9.17, 15) is 13.9 Å². The molecule has 220 valence electrons. The number of anilines is 1. The monoisotopic (exact) mass is 583 g/mol. The highest BCUT2D eigenvalue weighted by Gasteiger charge is 2.49. The van der Waals surface area contributed by atoms with Gasteiger partial charge in [0.1, 0.15) is 18.5 Å². The summed E-state index contributed by atoms with van der Waals surface area (Å²) < 4.78 is 72.1. The van der Waals surface area contributed by atoms with Gasteiger partial charge >= 0.3 is 6.01 Å². The quantitative estimate of drug-likeness (QED) is 0.316. The first-order valence-electron chi connectivity index (χ1n) is 14.4. The van der Waals surface area contributed by atoms with Crippen molar-refractivity contribution in [3.05, 3.63) is 41.7 Å². The predicted molar refractivity (Wildman–Crippen MR) is 147 cm³/mol. The number of halogens is 4. The lowest BCUT2D eigenvalue weighted by Crippen LogP contribution is -2.51. The maximum absolute atomic E-state index is 16.3. The molecule has 0 radical (unpaired) electrons. The fourth-order valence-corrected chi connectivity index (χ4v) is 7.55. The van der Waals surface area contributed by atoms with Crippen LogP contribution in [0.3, 0.4) is 0 Å². The predicted octanol–water partition coefficient (Wildman–Crippen LogP) is 5.06. The van der Waals surface area contributed by atoms with E-state index in [1.165, 1.54) is 12.1 Å². The molecule has 42 heavy (non-hydrogen) atoms. The lowest BCUT2D eigenvalue weighted by atomic mass is 9.95. The highest BCUT2D eigenvalue weighted by atomic mass is 19.2. The van der Waals surface area contributed by atoms with Crippen molar-refractivity contribution < 1.29 is 31.8 Å². The Labute approximate surface area is 238 Å². The number of ether oxygens (including phenoxy) is 1. The average Bonchev–Trinajstić information content (AvgIpc) is 3.69. The maximum Gasteiger partial charge on any atom is 0.319 e. The number of rotatable bonds is 5. The van der Waals surface area contributed by atoms with Crippen LogP contribution in [-0.4, -0.2) is 76.6 Å². The topological polar surface area (TPSA) is 86.9 Å². The zero-order valence-electron chi connectivity index (χ0n) is 22.7. The number of furan rings is 1. The number of phenols is 1. The Bertz CT molecular complexity index is 1720. The van der Waals surface area contributed by atoms with Crippen molar-refractivity contribution in [2.45, 2.75) is 55.9 Å². The number of aromatic hydroxyl groups is 1. The van der Waals surface area contributed by atoms with E-state index in [-0.39, 0.29) is 57.9 Å². The minimum absolute atomic E-state index is 0.0507. The van der Waals surface area contributed by atoms with Crippen molar-refractivity contribution in [3.63, 3.8) is 0 Å². The van der Waals surface area contributed by atoms with Crippen molar-refractivity contribution in [1.29, 1.82) is 0 Å². The van der Waals surface area contributed by atoms with E-state index in [1.54, 1.807) is 0 Å². The summed E-state index contributed by atoms with van der Waals surface area (Å²) in [4.78, 5) is 13.2. The van der Waals surface area contributed by atoms with E-state index < -0.39 is 34.9 Å². The maximum atomic E-state index is 16.3. The van der Waals surface area contributed by atoms with Crippen LogP contribution in [0.2, 0.25) is 0 Å². The molecule has 4 aliphatic heterocycles. The number of fused-ring (bicyclic) bond motifs is 5. The minimum Gasteiger partial charge on any atom is -0.508 e. The van der Waals surface area contributed by atoms with Crippen LogP contribution in [0.5, 0.6) is 11.8 Å². The van der Waals surface area contributed by atoms with E-state index in [0.717, 1.165) is 44.4 Å². The van der Waals surface area contributed by atoms with Gasteiger partial charge in [0.25, 0.3) is 0 Å². The number of benzene rings is 2. The van der Waals surface area contributed by atoms with Gasteiger partial charge in [0.15, 0.2) is 40.1 Å². The molecule has 2 bridgehead atoms. The molecule has 0 aliphatic carbocycles. The van der Waals surface area contributed by atoms with Crippen molar-refractivity contribution >= 4 is 27.7 Å². The van der Waals surface area contributed by atoms with Gasteiger partial charge in [-0.05, 0) is 55.8 Å². The second-order valence-electron chi connectivity index (χ2n) is 12.1.